The number of nitrogens with one attached hydrogen (secondary N) is 2. The summed E-state index contributed by atoms with van der Waals surface area (Å²) in [5.41, 5.74) is 5.88. The van der Waals surface area contributed by atoms with Gasteiger partial charge in [0.25, 0.3) is 10.0 Å². The van der Waals surface area contributed by atoms with Crippen molar-refractivity contribution in [3.05, 3.63) is 11.4 Å². The van der Waals surface area contributed by atoms with E-state index in [1.54, 1.807) is 5.38 Å². The van der Waals surface area contributed by atoms with E-state index >= 15 is 0 Å². The highest BCUT2D eigenvalue weighted by Gasteiger charge is 2.28. The van der Waals surface area contributed by atoms with Crippen molar-refractivity contribution in [2.24, 2.45) is 0 Å². The number of rotatable bonds is 5. The maximum Gasteiger partial charge on any atom is 0.250 e. The molecule has 2 rings (SSSR count). The van der Waals surface area contributed by atoms with Gasteiger partial charge in [0.2, 0.25) is 5.91 Å². The van der Waals surface area contributed by atoms with E-state index in [4.69, 9.17) is 5.73 Å². The first-order valence-electron chi connectivity index (χ1n) is 5.55. The minimum absolute atomic E-state index is 0.117. The first-order chi connectivity index (χ1) is 8.38. The van der Waals surface area contributed by atoms with Crippen molar-refractivity contribution in [1.29, 1.82) is 0 Å². The van der Waals surface area contributed by atoms with E-state index in [0.29, 0.717) is 5.69 Å². The van der Waals surface area contributed by atoms with Crippen molar-refractivity contribution < 1.29 is 13.2 Å². The van der Waals surface area contributed by atoms with Crippen LogP contribution < -0.4 is 15.8 Å². The molecule has 18 heavy (non-hydrogen) atoms. The van der Waals surface area contributed by atoms with Gasteiger partial charge in [0.15, 0.2) is 0 Å². The van der Waals surface area contributed by atoms with Crippen LogP contribution in [0.2, 0.25) is 0 Å². The molecule has 1 aromatic rings. The molecule has 1 amide bonds. The molecule has 6 nitrogen and oxygen atoms in total. The monoisotopic (exact) mass is 289 g/mol. The van der Waals surface area contributed by atoms with E-state index < -0.39 is 16.1 Å². The molecule has 1 aromatic heterocycles. The lowest BCUT2D eigenvalue weighted by molar-refractivity contribution is -0.122. The molecule has 0 radical (unpaired) electrons. The number of amides is 1. The smallest absolute Gasteiger partial charge is 0.250 e. The highest BCUT2D eigenvalue weighted by molar-refractivity contribution is 7.91. The summed E-state index contributed by atoms with van der Waals surface area (Å²) in [7, 11) is -3.67. The lowest BCUT2D eigenvalue weighted by atomic mass is 10.3. The number of carbonyl (C=O) groups is 1. The molecule has 0 aromatic carbocycles. The number of thiophene rings is 1. The third-order valence-corrected chi connectivity index (χ3v) is 5.51. The van der Waals surface area contributed by atoms with Crippen LogP contribution >= 0.6 is 11.3 Å². The van der Waals surface area contributed by atoms with Crippen LogP contribution in [0.15, 0.2) is 15.7 Å². The molecular weight excluding hydrogens is 274 g/mol. The van der Waals surface area contributed by atoms with Gasteiger partial charge in [0.1, 0.15) is 4.21 Å². The zero-order valence-electron chi connectivity index (χ0n) is 9.84. The van der Waals surface area contributed by atoms with Gasteiger partial charge >= 0.3 is 0 Å². The summed E-state index contributed by atoms with van der Waals surface area (Å²) in [6, 6.07) is 0.791. The molecule has 0 aliphatic heterocycles. The summed E-state index contributed by atoms with van der Waals surface area (Å²) >= 11 is 1.03. The van der Waals surface area contributed by atoms with Gasteiger partial charge in [0, 0.05) is 17.1 Å². The molecule has 1 saturated carbocycles. The minimum Gasteiger partial charge on any atom is -0.398 e. The van der Waals surface area contributed by atoms with Crippen LogP contribution in [0, 0.1) is 0 Å². The third-order valence-electron chi connectivity index (χ3n) is 2.51. The van der Waals surface area contributed by atoms with Gasteiger partial charge in [-0.3, -0.25) is 4.79 Å². The molecule has 4 N–H and O–H groups in total. The number of nitrogen functional groups attached to an aromatic ring is 1. The maximum absolute atomic E-state index is 11.9. The zero-order chi connectivity index (χ0) is 13.3. The topological polar surface area (TPSA) is 101 Å². The molecule has 1 fully saturated rings. The predicted octanol–water partition coefficient (Wildman–Crippen LogP) is 0.276. The Balaban J connectivity index is 2.00. The van der Waals surface area contributed by atoms with E-state index in [9.17, 15) is 13.2 Å². The summed E-state index contributed by atoms with van der Waals surface area (Å²) in [6.45, 7) is 1.52. The van der Waals surface area contributed by atoms with Gasteiger partial charge < -0.3 is 11.1 Å². The summed E-state index contributed by atoms with van der Waals surface area (Å²) in [4.78, 5) is 11.6. The predicted molar refractivity (Wildman–Crippen MR) is 69.7 cm³/mol. The Labute approximate surface area is 110 Å². The van der Waals surface area contributed by atoms with Crippen LogP contribution in [0.5, 0.6) is 0 Å². The maximum atomic E-state index is 11.9. The largest absolute Gasteiger partial charge is 0.398 e. The highest BCUT2D eigenvalue weighted by atomic mass is 32.2. The van der Waals surface area contributed by atoms with Crippen molar-refractivity contribution in [3.63, 3.8) is 0 Å². The Morgan fingerprint density at radius 3 is 2.72 bits per heavy atom. The Kier molecular flexibility index (Phi) is 3.60. The summed E-state index contributed by atoms with van der Waals surface area (Å²) in [5, 5.41) is 4.29. The number of sulfonamides is 1. The van der Waals surface area contributed by atoms with Crippen LogP contribution in [0.3, 0.4) is 0 Å². The fourth-order valence-electron chi connectivity index (χ4n) is 1.37. The van der Waals surface area contributed by atoms with Crippen LogP contribution in [0.4, 0.5) is 5.69 Å². The minimum atomic E-state index is -3.67. The molecule has 1 aliphatic carbocycles. The lowest BCUT2D eigenvalue weighted by Crippen LogP contribution is -2.45. The zero-order valence-corrected chi connectivity index (χ0v) is 11.5. The second-order valence-corrected chi connectivity index (χ2v) is 7.18. The van der Waals surface area contributed by atoms with Gasteiger partial charge in [-0.1, -0.05) is 0 Å². The highest BCUT2D eigenvalue weighted by Crippen LogP contribution is 2.22. The summed E-state index contributed by atoms with van der Waals surface area (Å²) in [5.74, 6) is -0.300. The second kappa shape index (κ2) is 4.87. The Bertz CT molecular complexity index is 548. The number of nitrogens with two attached hydrogens (primary N) is 1. The van der Waals surface area contributed by atoms with Gasteiger partial charge in [-0.25, -0.2) is 8.42 Å². The van der Waals surface area contributed by atoms with Crippen LogP contribution in [-0.4, -0.2) is 26.4 Å². The Morgan fingerprint density at radius 2 is 2.22 bits per heavy atom. The van der Waals surface area contributed by atoms with Crippen LogP contribution in [0.1, 0.15) is 19.8 Å². The van der Waals surface area contributed by atoms with Crippen molar-refractivity contribution in [2.75, 3.05) is 5.73 Å². The number of carbonyl (C=O) groups excluding carboxylic acids is 1. The van der Waals surface area contributed by atoms with E-state index in [2.05, 4.69) is 10.0 Å². The summed E-state index contributed by atoms with van der Waals surface area (Å²) in [6.07, 6.45) is 1.93. The van der Waals surface area contributed by atoms with Crippen molar-refractivity contribution in [3.8, 4) is 0 Å². The molecular formula is C10H15N3O3S2. The Morgan fingerprint density at radius 1 is 1.56 bits per heavy atom. The number of hydrogen-bond donors (Lipinski definition) is 3. The molecule has 1 unspecified atom stereocenters. The molecule has 8 heteroatoms. The lowest BCUT2D eigenvalue weighted by Gasteiger charge is -2.13. The van der Waals surface area contributed by atoms with Crippen molar-refractivity contribution in [1.82, 2.24) is 10.0 Å². The van der Waals surface area contributed by atoms with E-state index in [0.717, 1.165) is 24.2 Å². The molecule has 0 spiro atoms. The first-order valence-corrected chi connectivity index (χ1v) is 7.91. The normalized spacial score (nSPS) is 17.4. The van der Waals surface area contributed by atoms with Gasteiger partial charge in [-0.05, 0) is 25.8 Å². The standard InChI is InChI=1S/C10H15N3O3S2/c1-6(10(14)12-8-2-3-8)13-18(15,16)9-4-7(11)5-17-9/h4-6,8,13H,2-3,11H2,1H3,(H,12,14). The van der Waals surface area contributed by atoms with Crippen molar-refractivity contribution >= 4 is 33.0 Å². The first kappa shape index (κ1) is 13.3. The van der Waals surface area contributed by atoms with E-state index in [-0.39, 0.29) is 16.2 Å². The van der Waals surface area contributed by atoms with Crippen LogP contribution in [-0.2, 0) is 14.8 Å². The van der Waals surface area contributed by atoms with Crippen molar-refractivity contribution in [2.45, 2.75) is 36.1 Å². The molecule has 0 bridgehead atoms. The van der Waals surface area contributed by atoms with Gasteiger partial charge in [-0.2, -0.15) is 4.72 Å². The quantitative estimate of drug-likeness (QED) is 0.724. The third kappa shape index (κ3) is 3.21. The fraction of sp³-hybridized carbons (Fsp3) is 0.500. The molecule has 0 saturated heterocycles. The average Bonchev–Trinajstić information content (AvgIpc) is 2.97. The van der Waals surface area contributed by atoms with Gasteiger partial charge in [-0.15, -0.1) is 11.3 Å². The molecule has 1 atom stereocenters. The number of anilines is 1. The van der Waals surface area contributed by atoms with E-state index in [1.165, 1.54) is 13.0 Å². The number of hydrogen-bond acceptors (Lipinski definition) is 5. The molecule has 100 valence electrons. The summed E-state index contributed by atoms with van der Waals surface area (Å²) < 4.78 is 26.3. The van der Waals surface area contributed by atoms with E-state index in [1.807, 2.05) is 0 Å². The SMILES string of the molecule is CC(NS(=O)(=O)c1cc(N)cs1)C(=O)NC1CC1. The van der Waals surface area contributed by atoms with Crippen LogP contribution in [0.25, 0.3) is 0 Å². The molecule has 1 aliphatic rings. The average molecular weight is 289 g/mol. The van der Waals surface area contributed by atoms with Gasteiger partial charge in [0.05, 0.1) is 6.04 Å². The molecule has 1 heterocycles. The second-order valence-electron chi connectivity index (χ2n) is 4.32. The fourth-order valence-corrected chi connectivity index (χ4v) is 3.67. The Hall–Kier alpha value is -1.12.